The quantitative estimate of drug-likeness (QED) is 0.491. The van der Waals surface area contributed by atoms with Gasteiger partial charge in [0, 0.05) is 10.8 Å². The second-order valence-corrected chi connectivity index (χ2v) is 4.58. The van der Waals surface area contributed by atoms with Crippen molar-refractivity contribution in [2.75, 3.05) is 7.11 Å². The number of hydrogen-bond donors (Lipinski definition) is 0. The summed E-state index contributed by atoms with van der Waals surface area (Å²) >= 11 is 0. The van der Waals surface area contributed by atoms with Gasteiger partial charge >= 0.3 is 5.97 Å². The number of benzene rings is 2. The third-order valence-electron chi connectivity index (χ3n) is 3.18. The van der Waals surface area contributed by atoms with Crippen LogP contribution in [0.2, 0.25) is 0 Å². The zero-order valence-corrected chi connectivity index (χ0v) is 10.8. The number of ether oxygens (including phenoxy) is 1. The molecule has 3 rings (SSSR count). The van der Waals surface area contributed by atoms with E-state index in [9.17, 15) is 4.79 Å². The summed E-state index contributed by atoms with van der Waals surface area (Å²) in [6.45, 7) is 2.05. The van der Waals surface area contributed by atoms with E-state index in [4.69, 9.17) is 4.74 Å². The lowest BCUT2D eigenvalue weighted by molar-refractivity contribution is 0.0601. The van der Waals surface area contributed by atoms with Crippen molar-refractivity contribution >= 4 is 27.8 Å². The van der Waals surface area contributed by atoms with Crippen molar-refractivity contribution in [2.45, 2.75) is 6.92 Å². The van der Waals surface area contributed by atoms with E-state index in [0.717, 1.165) is 21.8 Å². The third-order valence-corrected chi connectivity index (χ3v) is 3.18. The molecule has 0 bridgehead atoms. The number of carbonyl (C=O) groups is 1. The maximum atomic E-state index is 11.5. The second kappa shape index (κ2) is 4.35. The van der Waals surface area contributed by atoms with E-state index in [0.29, 0.717) is 5.56 Å². The fraction of sp³-hybridized carbons (Fsp3) is 0.125. The van der Waals surface area contributed by atoms with Gasteiger partial charge in [-0.2, -0.15) is 0 Å². The molecular weight excluding hydrogens is 238 g/mol. The van der Waals surface area contributed by atoms with Crippen LogP contribution in [0, 0.1) is 6.92 Å². The van der Waals surface area contributed by atoms with Crippen LogP contribution < -0.4 is 0 Å². The average molecular weight is 251 g/mol. The van der Waals surface area contributed by atoms with Crippen molar-refractivity contribution in [1.82, 2.24) is 4.98 Å². The summed E-state index contributed by atoms with van der Waals surface area (Å²) < 4.78 is 4.73. The number of carbonyl (C=O) groups excluding carboxylic acids is 1. The van der Waals surface area contributed by atoms with E-state index in [2.05, 4.69) is 24.0 Å². The van der Waals surface area contributed by atoms with Crippen LogP contribution in [-0.4, -0.2) is 18.1 Å². The van der Waals surface area contributed by atoms with Crippen LogP contribution >= 0.6 is 0 Å². The standard InChI is InChI=1S/C16H13NO2/c1-10-3-5-14-12(7-10)9-13-8-11(16(18)19-2)4-6-15(13)17-14/h3-9H,1-2H3. The summed E-state index contributed by atoms with van der Waals surface area (Å²) in [6.07, 6.45) is 0. The van der Waals surface area contributed by atoms with E-state index in [1.165, 1.54) is 12.7 Å². The Kier molecular flexibility index (Phi) is 2.67. The fourth-order valence-corrected chi connectivity index (χ4v) is 2.21. The minimum Gasteiger partial charge on any atom is -0.465 e. The van der Waals surface area contributed by atoms with Gasteiger partial charge in [-0.15, -0.1) is 0 Å². The molecule has 0 unspecified atom stereocenters. The lowest BCUT2D eigenvalue weighted by Crippen LogP contribution is -2.00. The maximum absolute atomic E-state index is 11.5. The van der Waals surface area contributed by atoms with Crippen molar-refractivity contribution in [3.8, 4) is 0 Å². The molecule has 2 aromatic carbocycles. The summed E-state index contributed by atoms with van der Waals surface area (Å²) in [5.74, 6) is -0.328. The third kappa shape index (κ3) is 2.03. The number of fused-ring (bicyclic) bond motifs is 2. The molecule has 0 aliphatic carbocycles. The SMILES string of the molecule is COC(=O)c1ccc2nc3ccc(C)cc3cc2c1. The summed E-state index contributed by atoms with van der Waals surface area (Å²) in [4.78, 5) is 16.1. The molecule has 0 radical (unpaired) electrons. The minimum atomic E-state index is -0.328. The smallest absolute Gasteiger partial charge is 0.337 e. The zero-order valence-electron chi connectivity index (χ0n) is 10.8. The van der Waals surface area contributed by atoms with E-state index in [1.54, 1.807) is 6.07 Å². The average Bonchev–Trinajstić information content (AvgIpc) is 2.43. The maximum Gasteiger partial charge on any atom is 0.337 e. The first-order valence-corrected chi connectivity index (χ1v) is 6.07. The summed E-state index contributed by atoms with van der Waals surface area (Å²) in [5.41, 5.74) is 3.58. The van der Waals surface area contributed by atoms with Gasteiger partial charge in [0.2, 0.25) is 0 Å². The van der Waals surface area contributed by atoms with Gasteiger partial charge in [0.25, 0.3) is 0 Å². The number of nitrogens with zero attached hydrogens (tertiary/aromatic N) is 1. The molecule has 0 aliphatic heterocycles. The van der Waals surface area contributed by atoms with Crippen LogP contribution in [0.25, 0.3) is 21.8 Å². The van der Waals surface area contributed by atoms with Crippen LogP contribution in [0.5, 0.6) is 0 Å². The number of methoxy groups -OCH3 is 1. The van der Waals surface area contributed by atoms with Crippen LogP contribution in [0.4, 0.5) is 0 Å². The molecule has 94 valence electrons. The zero-order chi connectivity index (χ0) is 13.4. The van der Waals surface area contributed by atoms with Gasteiger partial charge < -0.3 is 4.74 Å². The molecule has 0 amide bonds. The molecule has 0 N–H and O–H groups in total. The highest BCUT2D eigenvalue weighted by molar-refractivity contribution is 5.98. The van der Waals surface area contributed by atoms with E-state index < -0.39 is 0 Å². The summed E-state index contributed by atoms with van der Waals surface area (Å²) in [7, 11) is 1.38. The molecule has 1 aromatic heterocycles. The molecule has 3 heteroatoms. The number of aromatic nitrogens is 1. The fourth-order valence-electron chi connectivity index (χ4n) is 2.21. The van der Waals surface area contributed by atoms with Gasteiger partial charge in [-0.1, -0.05) is 11.6 Å². The number of hydrogen-bond acceptors (Lipinski definition) is 3. The van der Waals surface area contributed by atoms with Gasteiger partial charge in [-0.05, 0) is 43.3 Å². The molecule has 3 aromatic rings. The highest BCUT2D eigenvalue weighted by Gasteiger charge is 2.07. The Morgan fingerprint density at radius 2 is 1.68 bits per heavy atom. The first-order valence-electron chi connectivity index (χ1n) is 6.07. The predicted octanol–water partition coefficient (Wildman–Crippen LogP) is 3.48. The predicted molar refractivity (Wildman–Crippen MR) is 75.3 cm³/mol. The molecule has 0 spiro atoms. The Labute approximate surface area is 110 Å². The number of rotatable bonds is 1. The van der Waals surface area contributed by atoms with Crippen LogP contribution in [0.15, 0.2) is 42.5 Å². The normalized spacial score (nSPS) is 10.8. The van der Waals surface area contributed by atoms with Crippen LogP contribution in [0.3, 0.4) is 0 Å². The van der Waals surface area contributed by atoms with Crippen molar-refractivity contribution in [1.29, 1.82) is 0 Å². The van der Waals surface area contributed by atoms with E-state index in [-0.39, 0.29) is 5.97 Å². The lowest BCUT2D eigenvalue weighted by atomic mass is 10.1. The summed E-state index contributed by atoms with van der Waals surface area (Å²) in [6, 6.07) is 13.6. The van der Waals surface area contributed by atoms with Gasteiger partial charge in [-0.25, -0.2) is 9.78 Å². The molecular formula is C16H13NO2. The highest BCUT2D eigenvalue weighted by Crippen LogP contribution is 2.22. The van der Waals surface area contributed by atoms with Gasteiger partial charge in [-0.3, -0.25) is 0 Å². The van der Waals surface area contributed by atoms with E-state index in [1.807, 2.05) is 24.3 Å². The Bertz CT molecular complexity index is 793. The van der Waals surface area contributed by atoms with Crippen molar-refractivity contribution in [2.24, 2.45) is 0 Å². The lowest BCUT2D eigenvalue weighted by Gasteiger charge is -2.04. The van der Waals surface area contributed by atoms with Crippen LogP contribution in [0.1, 0.15) is 15.9 Å². The van der Waals surface area contributed by atoms with Crippen molar-refractivity contribution in [3.05, 3.63) is 53.6 Å². The Balaban J connectivity index is 2.27. The van der Waals surface area contributed by atoms with Crippen LogP contribution in [-0.2, 0) is 4.74 Å². The Hall–Kier alpha value is -2.42. The van der Waals surface area contributed by atoms with Crippen molar-refractivity contribution in [3.63, 3.8) is 0 Å². The van der Waals surface area contributed by atoms with Crippen molar-refractivity contribution < 1.29 is 9.53 Å². The molecule has 19 heavy (non-hydrogen) atoms. The Morgan fingerprint density at radius 1 is 1.00 bits per heavy atom. The van der Waals surface area contributed by atoms with E-state index >= 15 is 0 Å². The number of aryl methyl sites for hydroxylation is 1. The van der Waals surface area contributed by atoms with Gasteiger partial charge in [0.05, 0.1) is 23.7 Å². The Morgan fingerprint density at radius 3 is 2.42 bits per heavy atom. The monoisotopic (exact) mass is 251 g/mol. The number of pyridine rings is 1. The molecule has 0 atom stereocenters. The largest absolute Gasteiger partial charge is 0.465 e. The molecule has 0 fully saturated rings. The highest BCUT2D eigenvalue weighted by atomic mass is 16.5. The molecule has 3 nitrogen and oxygen atoms in total. The molecule has 0 saturated carbocycles. The number of esters is 1. The summed E-state index contributed by atoms with van der Waals surface area (Å²) in [5, 5.41) is 2.02. The second-order valence-electron chi connectivity index (χ2n) is 4.58. The van der Waals surface area contributed by atoms with Gasteiger partial charge in [0.15, 0.2) is 0 Å². The van der Waals surface area contributed by atoms with Gasteiger partial charge in [0.1, 0.15) is 0 Å². The molecule has 1 heterocycles. The molecule has 0 saturated heterocycles. The molecule has 0 aliphatic rings. The topological polar surface area (TPSA) is 39.2 Å². The minimum absolute atomic E-state index is 0.328. The first-order chi connectivity index (χ1) is 9.17. The first kappa shape index (κ1) is 11.7.